The Morgan fingerprint density at radius 2 is 2.00 bits per heavy atom. The van der Waals surface area contributed by atoms with Crippen molar-refractivity contribution in [1.82, 2.24) is 9.97 Å². The Bertz CT molecular complexity index is 646. The fourth-order valence-electron chi connectivity index (χ4n) is 1.60. The van der Waals surface area contributed by atoms with E-state index < -0.39 is 4.92 Å². The molecule has 1 aromatic carbocycles. The minimum atomic E-state index is -0.591. The number of halogens is 1. The lowest BCUT2D eigenvalue weighted by Crippen LogP contribution is -2.07. The van der Waals surface area contributed by atoms with Gasteiger partial charge in [-0.3, -0.25) is 10.1 Å². The molecule has 0 aliphatic heterocycles. The Balaban J connectivity index is 2.24. The predicted octanol–water partition coefficient (Wildman–Crippen LogP) is 2.51. The highest BCUT2D eigenvalue weighted by atomic mass is 35.5. The number of aryl methyl sites for hydroxylation is 1. The molecule has 0 fully saturated rings. The van der Waals surface area contributed by atoms with Gasteiger partial charge < -0.3 is 10.5 Å². The third-order valence-electron chi connectivity index (χ3n) is 2.52. The molecule has 0 saturated carbocycles. The number of aromatic nitrogens is 2. The van der Waals surface area contributed by atoms with Gasteiger partial charge in [-0.25, -0.2) is 4.98 Å². The smallest absolute Gasteiger partial charge is 0.352 e. The second-order valence-electron chi connectivity index (χ2n) is 3.99. The number of hydrogen-bond donors (Lipinski definition) is 1. The van der Waals surface area contributed by atoms with Crippen molar-refractivity contribution in [1.29, 1.82) is 0 Å². The number of anilines is 1. The van der Waals surface area contributed by atoms with E-state index in [-0.39, 0.29) is 29.8 Å². The van der Waals surface area contributed by atoms with Gasteiger partial charge in [0.15, 0.2) is 0 Å². The number of benzene rings is 1. The summed E-state index contributed by atoms with van der Waals surface area (Å²) in [4.78, 5) is 17.9. The maximum atomic E-state index is 11.0. The van der Waals surface area contributed by atoms with Crippen molar-refractivity contribution in [2.24, 2.45) is 0 Å². The Kier molecular flexibility index (Phi) is 3.99. The average molecular weight is 295 g/mol. The molecule has 0 aliphatic rings. The molecule has 8 heteroatoms. The topological polar surface area (TPSA) is 104 Å². The van der Waals surface area contributed by atoms with Crippen LogP contribution >= 0.6 is 11.6 Å². The lowest BCUT2D eigenvalue weighted by Gasteiger charge is -2.07. The Morgan fingerprint density at radius 1 is 1.35 bits per heavy atom. The molecule has 0 saturated heterocycles. The summed E-state index contributed by atoms with van der Waals surface area (Å²) in [5.74, 6) is -0.214. The van der Waals surface area contributed by atoms with Gasteiger partial charge in [0.05, 0.1) is 4.92 Å². The van der Waals surface area contributed by atoms with Crippen LogP contribution in [0.1, 0.15) is 11.3 Å². The first-order chi connectivity index (χ1) is 9.47. The minimum absolute atomic E-state index is 0.0702. The normalized spacial score (nSPS) is 10.3. The summed E-state index contributed by atoms with van der Waals surface area (Å²) in [7, 11) is 0. The van der Waals surface area contributed by atoms with Crippen molar-refractivity contribution in [2.75, 3.05) is 5.73 Å². The van der Waals surface area contributed by atoms with Crippen molar-refractivity contribution in [2.45, 2.75) is 13.5 Å². The van der Waals surface area contributed by atoms with E-state index in [9.17, 15) is 10.1 Å². The molecule has 0 atom stereocenters. The van der Waals surface area contributed by atoms with Crippen LogP contribution in [0.3, 0.4) is 0 Å². The lowest BCUT2D eigenvalue weighted by molar-refractivity contribution is -0.387. The quantitative estimate of drug-likeness (QED) is 0.686. The van der Waals surface area contributed by atoms with Crippen molar-refractivity contribution >= 4 is 23.2 Å². The summed E-state index contributed by atoms with van der Waals surface area (Å²) in [6, 6.07) is 6.92. The van der Waals surface area contributed by atoms with Crippen LogP contribution in [0, 0.1) is 17.0 Å². The highest BCUT2D eigenvalue weighted by molar-refractivity contribution is 6.30. The van der Waals surface area contributed by atoms with Crippen molar-refractivity contribution in [3.05, 3.63) is 50.7 Å². The van der Waals surface area contributed by atoms with Crippen LogP contribution in [0.15, 0.2) is 24.3 Å². The highest BCUT2D eigenvalue weighted by Gasteiger charge is 2.23. The van der Waals surface area contributed by atoms with E-state index >= 15 is 0 Å². The first kappa shape index (κ1) is 14.0. The summed E-state index contributed by atoms with van der Waals surface area (Å²) in [6.45, 7) is 1.60. The Morgan fingerprint density at radius 3 is 2.60 bits per heavy atom. The fraction of sp³-hybridized carbons (Fsp3) is 0.167. The Hall–Kier alpha value is -2.41. The Labute approximate surface area is 119 Å². The maximum Gasteiger partial charge on any atom is 0.352 e. The van der Waals surface area contributed by atoms with E-state index in [1.165, 1.54) is 6.92 Å². The zero-order valence-electron chi connectivity index (χ0n) is 10.5. The zero-order valence-corrected chi connectivity index (χ0v) is 11.3. The predicted molar refractivity (Wildman–Crippen MR) is 73.6 cm³/mol. The van der Waals surface area contributed by atoms with Crippen molar-refractivity contribution < 1.29 is 9.66 Å². The molecular weight excluding hydrogens is 284 g/mol. The number of nitro groups is 1. The van der Waals surface area contributed by atoms with Gasteiger partial charge in [0.25, 0.3) is 5.88 Å². The van der Waals surface area contributed by atoms with Crippen LogP contribution in [0.25, 0.3) is 0 Å². The molecule has 0 amide bonds. The van der Waals surface area contributed by atoms with Crippen LogP contribution in [-0.2, 0) is 6.61 Å². The third-order valence-corrected chi connectivity index (χ3v) is 2.77. The fourth-order valence-corrected chi connectivity index (χ4v) is 1.73. The number of ether oxygens (including phenoxy) is 1. The second-order valence-corrected chi connectivity index (χ2v) is 4.43. The van der Waals surface area contributed by atoms with Gasteiger partial charge in [0, 0.05) is 5.02 Å². The molecule has 104 valence electrons. The van der Waals surface area contributed by atoms with Gasteiger partial charge >= 0.3 is 5.69 Å². The summed E-state index contributed by atoms with van der Waals surface area (Å²) >= 11 is 5.77. The van der Waals surface area contributed by atoms with Gasteiger partial charge in [0.2, 0.25) is 5.95 Å². The maximum absolute atomic E-state index is 11.0. The molecule has 20 heavy (non-hydrogen) atoms. The van der Waals surface area contributed by atoms with E-state index in [2.05, 4.69) is 9.97 Å². The molecule has 2 aromatic rings. The van der Waals surface area contributed by atoms with Crippen LogP contribution in [0.5, 0.6) is 5.88 Å². The van der Waals surface area contributed by atoms with Gasteiger partial charge in [-0.1, -0.05) is 23.7 Å². The number of nitrogen functional groups attached to an aromatic ring is 1. The molecule has 7 nitrogen and oxygen atoms in total. The number of nitrogens with two attached hydrogens (primary N) is 1. The molecule has 2 rings (SSSR count). The zero-order chi connectivity index (χ0) is 14.7. The number of rotatable bonds is 4. The van der Waals surface area contributed by atoms with Gasteiger partial charge in [-0.15, -0.1) is 0 Å². The lowest BCUT2D eigenvalue weighted by atomic mass is 10.2. The van der Waals surface area contributed by atoms with Crippen molar-refractivity contribution in [3.63, 3.8) is 0 Å². The highest BCUT2D eigenvalue weighted by Crippen LogP contribution is 2.28. The van der Waals surface area contributed by atoms with E-state index in [0.29, 0.717) is 5.02 Å². The monoisotopic (exact) mass is 294 g/mol. The molecule has 0 aliphatic carbocycles. The van der Waals surface area contributed by atoms with E-state index in [0.717, 1.165) is 5.56 Å². The molecular formula is C12H11ClN4O3. The molecule has 2 N–H and O–H groups in total. The SMILES string of the molecule is Cc1nc(N)nc(OCc2ccc(Cl)cc2)c1[N+](=O)[O-]. The van der Waals surface area contributed by atoms with E-state index in [1.54, 1.807) is 24.3 Å². The minimum Gasteiger partial charge on any atom is -0.468 e. The summed E-state index contributed by atoms with van der Waals surface area (Å²) < 4.78 is 5.37. The van der Waals surface area contributed by atoms with E-state index in [4.69, 9.17) is 22.1 Å². The van der Waals surface area contributed by atoms with Crippen molar-refractivity contribution in [3.8, 4) is 5.88 Å². The molecule has 1 aromatic heterocycles. The van der Waals surface area contributed by atoms with Gasteiger partial charge in [-0.05, 0) is 24.6 Å². The first-order valence-corrected chi connectivity index (χ1v) is 6.01. The van der Waals surface area contributed by atoms with Crippen LogP contribution in [0.4, 0.5) is 11.6 Å². The van der Waals surface area contributed by atoms with Crippen LogP contribution in [0.2, 0.25) is 5.02 Å². The summed E-state index contributed by atoms with van der Waals surface area (Å²) in [6.07, 6.45) is 0. The molecule has 0 spiro atoms. The number of hydrogen-bond acceptors (Lipinski definition) is 6. The van der Waals surface area contributed by atoms with E-state index in [1.807, 2.05) is 0 Å². The third kappa shape index (κ3) is 3.12. The van der Waals surface area contributed by atoms with Gasteiger partial charge in [-0.2, -0.15) is 4.98 Å². The summed E-state index contributed by atoms with van der Waals surface area (Å²) in [5, 5.41) is 11.6. The molecule has 0 bridgehead atoms. The second kappa shape index (κ2) is 5.70. The standard InChI is InChI=1S/C12H11ClN4O3/c1-7-10(17(18)19)11(16-12(14)15-7)20-6-8-2-4-9(13)5-3-8/h2-5H,6H2,1H3,(H2,14,15,16). The average Bonchev–Trinajstić information content (AvgIpc) is 2.36. The first-order valence-electron chi connectivity index (χ1n) is 5.63. The molecule has 0 radical (unpaired) electrons. The van der Waals surface area contributed by atoms with Crippen LogP contribution < -0.4 is 10.5 Å². The molecule has 1 heterocycles. The molecule has 0 unspecified atom stereocenters. The van der Waals surface area contributed by atoms with Crippen LogP contribution in [-0.4, -0.2) is 14.9 Å². The number of nitrogens with zero attached hydrogens (tertiary/aromatic N) is 3. The largest absolute Gasteiger partial charge is 0.468 e. The van der Waals surface area contributed by atoms with Gasteiger partial charge in [0.1, 0.15) is 12.3 Å². The summed E-state index contributed by atoms with van der Waals surface area (Å²) in [5.41, 5.74) is 6.16.